The van der Waals surface area contributed by atoms with E-state index in [9.17, 15) is 26.3 Å². The molecule has 406 valence electrons. The van der Waals surface area contributed by atoms with Gasteiger partial charge in [0, 0.05) is 49.7 Å². The number of alkyl halides is 6. The summed E-state index contributed by atoms with van der Waals surface area (Å²) < 4.78 is 100. The Bertz CT molecular complexity index is 4250. The first-order valence-corrected chi connectivity index (χ1v) is 27.7. The van der Waals surface area contributed by atoms with Crippen LogP contribution in [0.25, 0.3) is 55.0 Å². The molecule has 82 heavy (non-hydrogen) atoms. The summed E-state index contributed by atoms with van der Waals surface area (Å²) in [4.78, 5) is 4.00. The van der Waals surface area contributed by atoms with E-state index in [0.29, 0.717) is 45.3 Å². The molecular weight excluding hydrogens is 1040 g/mol. The lowest BCUT2D eigenvalue weighted by molar-refractivity contribution is -0.138. The molecule has 12 aromatic rings. The number of rotatable bonds is 8. The van der Waals surface area contributed by atoms with Crippen molar-refractivity contribution in [2.24, 2.45) is 0 Å². The van der Waals surface area contributed by atoms with E-state index in [1.165, 1.54) is 24.3 Å². The number of anilines is 6. The molecule has 0 aliphatic heterocycles. The molecule has 2 aliphatic carbocycles. The summed E-state index contributed by atoms with van der Waals surface area (Å²) >= 11 is 0. The average Bonchev–Trinajstić information content (AvgIpc) is 1.90. The fourth-order valence-electron chi connectivity index (χ4n) is 13.5. The zero-order valence-electron chi connectivity index (χ0n) is 45.8. The second kappa shape index (κ2) is 18.2. The van der Waals surface area contributed by atoms with E-state index in [2.05, 4.69) is 126 Å². The molecule has 0 saturated heterocycles. The molecule has 10 heteroatoms. The largest absolute Gasteiger partial charge is 0.454 e. The third kappa shape index (κ3) is 7.52. The van der Waals surface area contributed by atoms with Crippen molar-refractivity contribution in [2.75, 3.05) is 9.80 Å². The van der Waals surface area contributed by atoms with Crippen LogP contribution in [0.2, 0.25) is 0 Å². The number of furan rings is 2. The Balaban J connectivity index is 1.05. The number of hydrogen-bond acceptors (Lipinski definition) is 4. The summed E-state index contributed by atoms with van der Waals surface area (Å²) in [6, 6.07) is 64.5. The molecule has 0 amide bonds. The average molecular weight is 1090 g/mol. The Morgan fingerprint density at radius 1 is 0.354 bits per heavy atom. The highest BCUT2D eigenvalue weighted by Crippen LogP contribution is 2.64. The predicted molar refractivity (Wildman–Crippen MR) is 318 cm³/mol. The molecule has 0 fully saturated rings. The molecule has 0 unspecified atom stereocenters. The van der Waals surface area contributed by atoms with E-state index < -0.39 is 34.3 Å². The molecule has 0 N–H and O–H groups in total. The Labute approximate surface area is 470 Å². The molecule has 2 aromatic heterocycles. The number of fused-ring (bicyclic) bond motifs is 15. The standard InChI is InChI=1S/C72H54F6N2O2/c1-41(2)49-15-11-17-53-55-19-13-25-63(67(55)81-65(49)53)79(45-31-27-43(28-32-45)71(73,74)75)47-35-37-51-52-38-36-48(40-62(52)70(61(51)39-47)59-23-9-7-21-57(59)69(5,6)58-22-8-10-24-60(58)70)80(46-33-29-44(30-34-46)72(76,77)78)64-26-14-20-56-54-18-12-16-50(42(3)4)66(54)82-68(56)64/h7-42H,1-6H3. The molecule has 0 saturated carbocycles. The minimum absolute atomic E-state index is 0.152. The minimum atomic E-state index is -4.56. The van der Waals surface area contributed by atoms with Crippen molar-refractivity contribution in [1.82, 2.24) is 0 Å². The molecule has 4 nitrogen and oxygen atoms in total. The van der Waals surface area contributed by atoms with E-state index >= 15 is 0 Å². The van der Waals surface area contributed by atoms with Crippen LogP contribution in [0.15, 0.2) is 215 Å². The molecule has 10 aromatic carbocycles. The minimum Gasteiger partial charge on any atom is -0.454 e. The first-order chi connectivity index (χ1) is 39.3. The zero-order chi connectivity index (χ0) is 56.8. The van der Waals surface area contributed by atoms with Crippen LogP contribution in [0.3, 0.4) is 0 Å². The van der Waals surface area contributed by atoms with Crippen molar-refractivity contribution in [1.29, 1.82) is 0 Å². The highest BCUT2D eigenvalue weighted by atomic mass is 19.4. The first kappa shape index (κ1) is 51.1. The van der Waals surface area contributed by atoms with E-state index in [0.717, 1.165) is 113 Å². The van der Waals surface area contributed by atoms with Crippen LogP contribution in [0.4, 0.5) is 60.5 Å². The summed E-state index contributed by atoms with van der Waals surface area (Å²) in [7, 11) is 0. The maximum Gasteiger partial charge on any atom is 0.416 e. The van der Waals surface area contributed by atoms with Crippen LogP contribution in [0.5, 0.6) is 0 Å². The number of para-hydroxylation sites is 4. The topological polar surface area (TPSA) is 32.8 Å². The summed E-state index contributed by atoms with van der Waals surface area (Å²) in [6.07, 6.45) is -9.12. The van der Waals surface area contributed by atoms with Gasteiger partial charge >= 0.3 is 12.4 Å². The zero-order valence-corrected chi connectivity index (χ0v) is 45.8. The van der Waals surface area contributed by atoms with Gasteiger partial charge in [-0.2, -0.15) is 26.3 Å². The third-order valence-corrected chi connectivity index (χ3v) is 17.3. The van der Waals surface area contributed by atoms with Crippen LogP contribution in [0, 0.1) is 0 Å². The third-order valence-electron chi connectivity index (χ3n) is 17.3. The SMILES string of the molecule is CC(C)c1cccc2c1oc1c(N(c3ccc(C(F)(F)F)cc3)c3ccc4c(c3)C3(c5cc(N(c6ccc(C(F)(F)F)cc6)c6cccc7c6oc6c(C(C)C)cccc67)ccc5-4)c4ccccc4C(C)(C)c4ccccc43)cccc12. The second-order valence-electron chi connectivity index (χ2n) is 23.0. The molecule has 0 atom stereocenters. The number of hydrogen-bond donors (Lipinski definition) is 0. The maximum absolute atomic E-state index is 14.4. The smallest absolute Gasteiger partial charge is 0.416 e. The van der Waals surface area contributed by atoms with Gasteiger partial charge in [0.05, 0.1) is 27.9 Å². The van der Waals surface area contributed by atoms with Crippen molar-refractivity contribution in [3.63, 3.8) is 0 Å². The van der Waals surface area contributed by atoms with E-state index in [1.807, 2.05) is 82.6 Å². The van der Waals surface area contributed by atoms with Gasteiger partial charge in [-0.1, -0.05) is 163 Å². The van der Waals surface area contributed by atoms with Crippen LogP contribution < -0.4 is 9.80 Å². The van der Waals surface area contributed by atoms with Crippen LogP contribution in [-0.2, 0) is 23.2 Å². The quantitative estimate of drug-likeness (QED) is 0.142. The maximum atomic E-state index is 14.4. The van der Waals surface area contributed by atoms with Gasteiger partial charge < -0.3 is 18.6 Å². The number of nitrogens with zero attached hydrogens (tertiary/aromatic N) is 2. The lowest BCUT2D eigenvalue weighted by Gasteiger charge is -2.47. The molecule has 14 rings (SSSR count). The van der Waals surface area contributed by atoms with E-state index in [-0.39, 0.29) is 11.8 Å². The van der Waals surface area contributed by atoms with Crippen molar-refractivity contribution >= 4 is 78.0 Å². The highest BCUT2D eigenvalue weighted by molar-refractivity contribution is 6.12. The monoisotopic (exact) mass is 1090 g/mol. The molecule has 2 heterocycles. The van der Waals surface area contributed by atoms with Gasteiger partial charge in [-0.3, -0.25) is 0 Å². The van der Waals surface area contributed by atoms with Crippen molar-refractivity contribution in [2.45, 2.75) is 76.6 Å². The normalized spacial score (nSPS) is 14.3. The Kier molecular flexibility index (Phi) is 11.4. The Morgan fingerprint density at radius 3 is 1.06 bits per heavy atom. The fraction of sp³-hybridized carbons (Fsp3) is 0.167. The summed E-state index contributed by atoms with van der Waals surface area (Å²) in [5.74, 6) is 0.304. The lowest BCUT2D eigenvalue weighted by atomic mass is 9.55. The second-order valence-corrected chi connectivity index (χ2v) is 23.0. The van der Waals surface area contributed by atoms with Gasteiger partial charge in [-0.25, -0.2) is 0 Å². The van der Waals surface area contributed by atoms with Gasteiger partial charge in [0.25, 0.3) is 0 Å². The van der Waals surface area contributed by atoms with Crippen LogP contribution >= 0.6 is 0 Å². The lowest BCUT2D eigenvalue weighted by Crippen LogP contribution is -2.40. The van der Waals surface area contributed by atoms with Crippen LogP contribution in [0.1, 0.15) is 109 Å². The Morgan fingerprint density at radius 2 is 0.695 bits per heavy atom. The van der Waals surface area contributed by atoms with Crippen molar-refractivity contribution in [3.05, 3.63) is 262 Å². The summed E-state index contributed by atoms with van der Waals surface area (Å²) in [5.41, 5.74) is 13.6. The Hall–Kier alpha value is -9.02. The fourth-order valence-corrected chi connectivity index (χ4v) is 13.5. The molecule has 0 bridgehead atoms. The molecule has 1 spiro atoms. The molecule has 0 radical (unpaired) electrons. The predicted octanol–water partition coefficient (Wildman–Crippen LogP) is 21.7. The summed E-state index contributed by atoms with van der Waals surface area (Å²) in [5, 5.41) is 3.63. The van der Waals surface area contributed by atoms with Gasteiger partial charge in [-0.15, -0.1) is 0 Å². The van der Waals surface area contributed by atoms with E-state index in [4.69, 9.17) is 8.83 Å². The molecule has 2 aliphatic rings. The van der Waals surface area contributed by atoms with Crippen molar-refractivity contribution in [3.8, 4) is 11.1 Å². The van der Waals surface area contributed by atoms with Gasteiger partial charge in [0.15, 0.2) is 11.2 Å². The van der Waals surface area contributed by atoms with Gasteiger partial charge in [-0.05, 0) is 152 Å². The number of halogens is 6. The van der Waals surface area contributed by atoms with Gasteiger partial charge in [0.1, 0.15) is 11.2 Å². The van der Waals surface area contributed by atoms with Crippen molar-refractivity contribution < 1.29 is 35.2 Å². The highest BCUT2D eigenvalue weighted by Gasteiger charge is 2.54. The summed E-state index contributed by atoms with van der Waals surface area (Å²) in [6.45, 7) is 13.0. The first-order valence-electron chi connectivity index (χ1n) is 27.7. The number of benzene rings is 10. The van der Waals surface area contributed by atoms with Crippen LogP contribution in [-0.4, -0.2) is 0 Å². The van der Waals surface area contributed by atoms with Gasteiger partial charge in [0.2, 0.25) is 0 Å². The molecular formula is C72H54F6N2O2. The van der Waals surface area contributed by atoms with E-state index in [1.54, 1.807) is 0 Å².